The van der Waals surface area contributed by atoms with Gasteiger partial charge in [-0.2, -0.15) is 0 Å². The minimum absolute atomic E-state index is 0.229. The standard InChI is InChI=1S/C26H24BrN3O2S/c1-3-32-21-14-11-18(27)15-20(21)24-22(25(31)28-19-12-9-16(2)10-13-19)23(29-26(33)30-24)17-7-5-4-6-8-17/h4-15,24H,3H2,1-2H3,(H,28,31)(H2,29,30,33)/t24-/m1/s1. The fourth-order valence-corrected chi connectivity index (χ4v) is 4.34. The Labute approximate surface area is 207 Å². The maximum atomic E-state index is 13.7. The molecule has 0 saturated carbocycles. The number of aryl methyl sites for hydroxylation is 1. The molecule has 0 radical (unpaired) electrons. The number of anilines is 1. The van der Waals surface area contributed by atoms with Gasteiger partial charge in [-0.1, -0.05) is 64.0 Å². The maximum Gasteiger partial charge on any atom is 0.256 e. The van der Waals surface area contributed by atoms with E-state index in [4.69, 9.17) is 17.0 Å². The van der Waals surface area contributed by atoms with Gasteiger partial charge in [-0.15, -0.1) is 0 Å². The van der Waals surface area contributed by atoms with E-state index in [9.17, 15) is 4.79 Å². The minimum atomic E-state index is -0.515. The molecule has 3 aromatic rings. The van der Waals surface area contributed by atoms with Crippen LogP contribution in [0.1, 0.15) is 29.7 Å². The van der Waals surface area contributed by atoms with E-state index >= 15 is 0 Å². The molecule has 5 nitrogen and oxygen atoms in total. The number of carbonyl (C=O) groups excluding carboxylic acids is 1. The van der Waals surface area contributed by atoms with Crippen LogP contribution in [-0.4, -0.2) is 17.6 Å². The van der Waals surface area contributed by atoms with Crippen molar-refractivity contribution < 1.29 is 9.53 Å². The molecule has 1 aliphatic heterocycles. The molecule has 0 spiro atoms. The second kappa shape index (κ2) is 10.2. The molecule has 1 amide bonds. The van der Waals surface area contributed by atoms with Gasteiger partial charge in [0.15, 0.2) is 5.11 Å². The number of carbonyl (C=O) groups is 1. The monoisotopic (exact) mass is 521 g/mol. The van der Waals surface area contributed by atoms with Crippen LogP contribution in [0.4, 0.5) is 5.69 Å². The Bertz CT molecular complexity index is 1210. The molecule has 0 unspecified atom stereocenters. The molecule has 1 aliphatic rings. The van der Waals surface area contributed by atoms with Gasteiger partial charge >= 0.3 is 0 Å². The summed E-state index contributed by atoms with van der Waals surface area (Å²) in [6.45, 7) is 4.45. The summed E-state index contributed by atoms with van der Waals surface area (Å²) < 4.78 is 6.78. The van der Waals surface area contributed by atoms with Crippen molar-refractivity contribution in [3.63, 3.8) is 0 Å². The lowest BCUT2D eigenvalue weighted by atomic mass is 9.91. The molecule has 0 fully saturated rings. The zero-order chi connectivity index (χ0) is 23.4. The third-order valence-corrected chi connectivity index (χ3v) is 5.98. The Kier molecular flexibility index (Phi) is 7.11. The number of amides is 1. The summed E-state index contributed by atoms with van der Waals surface area (Å²) in [7, 11) is 0. The summed E-state index contributed by atoms with van der Waals surface area (Å²) >= 11 is 9.10. The SMILES string of the molecule is CCOc1ccc(Br)cc1[C@H]1NC(=S)NC(c2ccccc2)=C1C(=O)Nc1ccc(C)cc1. The predicted octanol–water partition coefficient (Wildman–Crippen LogP) is 5.73. The quantitative estimate of drug-likeness (QED) is 0.362. The molecular weight excluding hydrogens is 498 g/mol. The predicted molar refractivity (Wildman–Crippen MR) is 140 cm³/mol. The van der Waals surface area contributed by atoms with Crippen molar-refractivity contribution in [3.05, 3.63) is 99.5 Å². The molecule has 1 atom stereocenters. The maximum absolute atomic E-state index is 13.7. The van der Waals surface area contributed by atoms with E-state index in [1.807, 2.05) is 86.6 Å². The zero-order valence-corrected chi connectivity index (χ0v) is 20.7. The average Bonchev–Trinajstić information content (AvgIpc) is 2.82. The zero-order valence-electron chi connectivity index (χ0n) is 18.3. The average molecular weight is 522 g/mol. The van der Waals surface area contributed by atoms with Crippen molar-refractivity contribution in [2.75, 3.05) is 11.9 Å². The van der Waals surface area contributed by atoms with E-state index < -0.39 is 6.04 Å². The first-order valence-corrected chi connectivity index (χ1v) is 11.8. The largest absolute Gasteiger partial charge is 0.494 e. The van der Waals surface area contributed by atoms with Gasteiger partial charge in [0.1, 0.15) is 5.75 Å². The van der Waals surface area contributed by atoms with Crippen LogP contribution in [-0.2, 0) is 4.79 Å². The first kappa shape index (κ1) is 23.0. The van der Waals surface area contributed by atoms with E-state index in [2.05, 4.69) is 31.9 Å². The van der Waals surface area contributed by atoms with Gasteiger partial charge in [0.25, 0.3) is 5.91 Å². The summed E-state index contributed by atoms with van der Waals surface area (Å²) in [6.07, 6.45) is 0. The molecule has 0 saturated heterocycles. The topological polar surface area (TPSA) is 62.4 Å². The van der Waals surface area contributed by atoms with Crippen molar-refractivity contribution in [1.29, 1.82) is 0 Å². The van der Waals surface area contributed by atoms with Crippen molar-refractivity contribution in [2.24, 2.45) is 0 Å². The third-order valence-electron chi connectivity index (χ3n) is 5.27. The van der Waals surface area contributed by atoms with E-state index in [0.29, 0.717) is 28.7 Å². The Morgan fingerprint density at radius 1 is 1.09 bits per heavy atom. The normalized spacial score (nSPS) is 15.5. The van der Waals surface area contributed by atoms with Crippen molar-refractivity contribution in [3.8, 4) is 5.75 Å². The number of rotatable bonds is 6. The van der Waals surface area contributed by atoms with Crippen LogP contribution in [0.15, 0.2) is 82.8 Å². The third kappa shape index (κ3) is 5.26. The number of hydrogen-bond acceptors (Lipinski definition) is 3. The highest BCUT2D eigenvalue weighted by atomic mass is 79.9. The molecule has 7 heteroatoms. The number of ether oxygens (including phenoxy) is 1. The van der Waals surface area contributed by atoms with Gasteiger partial charge in [0, 0.05) is 15.7 Å². The second-order valence-corrected chi connectivity index (χ2v) is 8.95. The van der Waals surface area contributed by atoms with Crippen LogP contribution in [0.5, 0.6) is 5.75 Å². The van der Waals surface area contributed by atoms with Crippen molar-refractivity contribution in [2.45, 2.75) is 19.9 Å². The molecule has 3 aromatic carbocycles. The van der Waals surface area contributed by atoms with Crippen LogP contribution >= 0.6 is 28.1 Å². The molecule has 33 heavy (non-hydrogen) atoms. The highest BCUT2D eigenvalue weighted by Crippen LogP contribution is 2.37. The molecule has 0 bridgehead atoms. The smallest absolute Gasteiger partial charge is 0.256 e. The van der Waals surface area contributed by atoms with E-state index in [0.717, 1.165) is 26.9 Å². The summed E-state index contributed by atoms with van der Waals surface area (Å²) in [6, 6.07) is 22.7. The van der Waals surface area contributed by atoms with E-state index in [1.54, 1.807) is 0 Å². The number of halogens is 1. The summed E-state index contributed by atoms with van der Waals surface area (Å²) in [5, 5.41) is 9.98. The lowest BCUT2D eigenvalue weighted by Gasteiger charge is -2.32. The second-order valence-electron chi connectivity index (χ2n) is 7.62. The first-order chi connectivity index (χ1) is 16.0. The van der Waals surface area contributed by atoms with Gasteiger partial charge in [-0.05, 0) is 62.0 Å². The summed E-state index contributed by atoms with van der Waals surface area (Å²) in [5.41, 5.74) is 4.71. The number of benzene rings is 3. The van der Waals surface area contributed by atoms with Gasteiger partial charge in [0.2, 0.25) is 0 Å². The fourth-order valence-electron chi connectivity index (χ4n) is 3.74. The molecule has 3 N–H and O–H groups in total. The van der Waals surface area contributed by atoms with Crippen LogP contribution in [0, 0.1) is 6.92 Å². The van der Waals surface area contributed by atoms with Crippen LogP contribution in [0.2, 0.25) is 0 Å². The van der Waals surface area contributed by atoms with E-state index in [-0.39, 0.29) is 5.91 Å². The Hall–Kier alpha value is -3.16. The minimum Gasteiger partial charge on any atom is -0.494 e. The Morgan fingerprint density at radius 2 is 1.82 bits per heavy atom. The Morgan fingerprint density at radius 3 is 2.52 bits per heavy atom. The Balaban J connectivity index is 1.87. The van der Waals surface area contributed by atoms with Crippen LogP contribution in [0.3, 0.4) is 0 Å². The number of nitrogens with one attached hydrogen (secondary N) is 3. The highest BCUT2D eigenvalue weighted by molar-refractivity contribution is 9.10. The number of hydrogen-bond donors (Lipinski definition) is 3. The van der Waals surface area contributed by atoms with Crippen molar-refractivity contribution in [1.82, 2.24) is 10.6 Å². The molecule has 0 aliphatic carbocycles. The van der Waals surface area contributed by atoms with Gasteiger partial charge in [0.05, 0.1) is 23.9 Å². The van der Waals surface area contributed by atoms with E-state index in [1.165, 1.54) is 0 Å². The lowest BCUT2D eigenvalue weighted by Crippen LogP contribution is -2.45. The molecule has 168 valence electrons. The molecule has 0 aromatic heterocycles. The first-order valence-electron chi connectivity index (χ1n) is 10.6. The fraction of sp³-hybridized carbons (Fsp3) is 0.154. The van der Waals surface area contributed by atoms with Gasteiger partial charge in [-0.25, -0.2) is 0 Å². The summed E-state index contributed by atoms with van der Waals surface area (Å²) in [5.74, 6) is 0.462. The lowest BCUT2D eigenvalue weighted by molar-refractivity contribution is -0.113. The highest BCUT2D eigenvalue weighted by Gasteiger charge is 2.34. The molecule has 1 heterocycles. The van der Waals surface area contributed by atoms with Gasteiger partial charge in [-0.3, -0.25) is 4.79 Å². The molecular formula is C26H24BrN3O2S. The van der Waals surface area contributed by atoms with Crippen LogP contribution < -0.4 is 20.7 Å². The van der Waals surface area contributed by atoms with Crippen molar-refractivity contribution >= 4 is 50.6 Å². The number of thiocarbonyl (C=S) groups is 1. The molecule has 4 rings (SSSR count). The van der Waals surface area contributed by atoms with Crippen LogP contribution in [0.25, 0.3) is 5.70 Å². The summed E-state index contributed by atoms with van der Waals surface area (Å²) in [4.78, 5) is 13.7. The van der Waals surface area contributed by atoms with Gasteiger partial charge < -0.3 is 20.7 Å².